The molecular formula is C25H33N3O. The third kappa shape index (κ3) is 5.20. The SMILES string of the molecule is C=C/C=C(\C=C)CCC(=O)N1CCC2(CC1)N/C=C/CC/C=C/N1CC=CC=C12. The quantitative estimate of drug-likeness (QED) is 0.696. The zero-order chi connectivity index (χ0) is 20.5. The molecule has 1 spiro atoms. The van der Waals surface area contributed by atoms with E-state index in [2.05, 4.69) is 66.2 Å². The van der Waals surface area contributed by atoms with E-state index >= 15 is 0 Å². The molecule has 29 heavy (non-hydrogen) atoms. The van der Waals surface area contributed by atoms with Gasteiger partial charge in [-0.05, 0) is 50.0 Å². The fraction of sp³-hybridized carbons (Fsp3) is 0.400. The first-order valence-electron chi connectivity index (χ1n) is 10.6. The van der Waals surface area contributed by atoms with Crippen LogP contribution < -0.4 is 5.32 Å². The van der Waals surface area contributed by atoms with Crippen LogP contribution in [-0.4, -0.2) is 40.9 Å². The molecule has 0 aromatic heterocycles. The van der Waals surface area contributed by atoms with Gasteiger partial charge in [0, 0.05) is 38.0 Å². The first kappa shape index (κ1) is 21.0. The predicted octanol–water partition coefficient (Wildman–Crippen LogP) is 4.59. The van der Waals surface area contributed by atoms with Gasteiger partial charge in [-0.15, -0.1) is 0 Å². The number of likely N-dealkylation sites (tertiary alicyclic amines) is 1. The third-order valence-corrected chi connectivity index (χ3v) is 5.95. The van der Waals surface area contributed by atoms with Crippen LogP contribution in [0.4, 0.5) is 0 Å². The van der Waals surface area contributed by atoms with Crippen LogP contribution in [0.5, 0.6) is 0 Å². The predicted molar refractivity (Wildman–Crippen MR) is 121 cm³/mol. The van der Waals surface area contributed by atoms with Crippen molar-refractivity contribution in [2.24, 2.45) is 0 Å². The second-order valence-electron chi connectivity index (χ2n) is 7.79. The number of piperidine rings is 1. The van der Waals surface area contributed by atoms with E-state index in [-0.39, 0.29) is 11.4 Å². The summed E-state index contributed by atoms with van der Waals surface area (Å²) in [5.41, 5.74) is 2.23. The molecule has 0 atom stereocenters. The fourth-order valence-corrected chi connectivity index (χ4v) is 4.23. The van der Waals surface area contributed by atoms with Gasteiger partial charge in [0.05, 0.1) is 5.54 Å². The average Bonchev–Trinajstić information content (AvgIpc) is 2.76. The first-order valence-corrected chi connectivity index (χ1v) is 10.6. The Morgan fingerprint density at radius 2 is 1.93 bits per heavy atom. The molecule has 1 saturated heterocycles. The molecule has 1 N–H and O–H groups in total. The third-order valence-electron chi connectivity index (χ3n) is 5.95. The Hall–Kier alpha value is -2.75. The second-order valence-corrected chi connectivity index (χ2v) is 7.79. The zero-order valence-corrected chi connectivity index (χ0v) is 17.4. The number of hydrogen-bond acceptors (Lipinski definition) is 3. The summed E-state index contributed by atoms with van der Waals surface area (Å²) >= 11 is 0. The number of hydrogen-bond donors (Lipinski definition) is 1. The molecule has 0 unspecified atom stereocenters. The molecule has 4 heteroatoms. The molecule has 3 rings (SSSR count). The zero-order valence-electron chi connectivity index (χ0n) is 17.4. The molecular weight excluding hydrogens is 358 g/mol. The number of amides is 1. The largest absolute Gasteiger partial charge is 0.380 e. The Kier molecular flexibility index (Phi) is 7.34. The van der Waals surface area contributed by atoms with Crippen LogP contribution in [0.15, 0.2) is 85.4 Å². The van der Waals surface area contributed by atoms with Crippen molar-refractivity contribution in [3.63, 3.8) is 0 Å². The molecule has 154 valence electrons. The van der Waals surface area contributed by atoms with Crippen molar-refractivity contribution in [1.29, 1.82) is 0 Å². The molecule has 0 radical (unpaired) electrons. The number of rotatable bonds is 5. The number of nitrogens with zero attached hydrogens (tertiary/aromatic N) is 2. The van der Waals surface area contributed by atoms with Crippen molar-refractivity contribution >= 4 is 5.91 Å². The standard InChI is InChI=1S/C25H33N3O/c1-3-11-22(4-2)13-14-24(29)28-20-15-25(16-21-28)23-12-7-10-19-27(23)18-9-6-5-8-17-26-25/h3-4,7-12,17-18,26H,1-2,5-6,13-16,19-21H2/b17-8+,18-9+,22-11+. The number of fused-ring (bicyclic) bond motifs is 2. The van der Waals surface area contributed by atoms with Crippen LogP contribution in [0.25, 0.3) is 0 Å². The van der Waals surface area contributed by atoms with Gasteiger partial charge in [-0.3, -0.25) is 4.79 Å². The minimum atomic E-state index is -0.130. The summed E-state index contributed by atoms with van der Waals surface area (Å²) in [5, 5.41) is 3.71. The van der Waals surface area contributed by atoms with Crippen LogP contribution in [0.2, 0.25) is 0 Å². The van der Waals surface area contributed by atoms with Crippen LogP contribution in [0, 0.1) is 0 Å². The lowest BCUT2D eigenvalue weighted by Crippen LogP contribution is -2.56. The lowest BCUT2D eigenvalue weighted by molar-refractivity contribution is -0.132. The number of carbonyl (C=O) groups is 1. The summed E-state index contributed by atoms with van der Waals surface area (Å²) in [7, 11) is 0. The average molecular weight is 392 g/mol. The van der Waals surface area contributed by atoms with Crippen molar-refractivity contribution in [2.75, 3.05) is 19.6 Å². The minimum Gasteiger partial charge on any atom is -0.380 e. The lowest BCUT2D eigenvalue weighted by Gasteiger charge is -2.47. The molecule has 4 nitrogen and oxygen atoms in total. The molecule has 0 aromatic rings. The van der Waals surface area contributed by atoms with Gasteiger partial charge in [0.2, 0.25) is 5.91 Å². The summed E-state index contributed by atoms with van der Waals surface area (Å²) in [6.07, 6.45) is 26.0. The van der Waals surface area contributed by atoms with E-state index in [1.807, 2.05) is 17.1 Å². The number of nitrogens with one attached hydrogen (secondary N) is 1. The number of allylic oxidation sites excluding steroid dienone is 8. The monoisotopic (exact) mass is 391 g/mol. The Balaban J connectivity index is 1.68. The van der Waals surface area contributed by atoms with E-state index in [1.54, 1.807) is 6.08 Å². The van der Waals surface area contributed by atoms with Crippen LogP contribution in [-0.2, 0) is 4.79 Å². The smallest absolute Gasteiger partial charge is 0.222 e. The van der Waals surface area contributed by atoms with Gasteiger partial charge in [-0.25, -0.2) is 0 Å². The van der Waals surface area contributed by atoms with Gasteiger partial charge in [-0.1, -0.05) is 55.7 Å². The summed E-state index contributed by atoms with van der Waals surface area (Å²) in [5.74, 6) is 0.223. The molecule has 0 saturated carbocycles. The second kappa shape index (κ2) is 10.1. The van der Waals surface area contributed by atoms with E-state index in [9.17, 15) is 4.79 Å². The topological polar surface area (TPSA) is 35.6 Å². The van der Waals surface area contributed by atoms with Gasteiger partial charge < -0.3 is 15.1 Å². The van der Waals surface area contributed by atoms with E-state index in [1.165, 1.54) is 5.70 Å². The molecule has 3 aliphatic heterocycles. The maximum absolute atomic E-state index is 12.8. The summed E-state index contributed by atoms with van der Waals surface area (Å²) in [6, 6.07) is 0. The van der Waals surface area contributed by atoms with Crippen LogP contribution >= 0.6 is 0 Å². The van der Waals surface area contributed by atoms with Crippen molar-refractivity contribution in [3.05, 3.63) is 85.4 Å². The highest BCUT2D eigenvalue weighted by atomic mass is 16.2. The van der Waals surface area contributed by atoms with Gasteiger partial charge in [0.15, 0.2) is 0 Å². The molecule has 0 aliphatic carbocycles. The van der Waals surface area contributed by atoms with Crippen molar-refractivity contribution in [1.82, 2.24) is 15.1 Å². The highest BCUT2D eigenvalue weighted by Crippen LogP contribution is 2.34. The molecule has 1 amide bonds. The Morgan fingerprint density at radius 1 is 1.14 bits per heavy atom. The summed E-state index contributed by atoms with van der Waals surface area (Å²) < 4.78 is 0. The van der Waals surface area contributed by atoms with E-state index in [0.717, 1.165) is 50.9 Å². The fourth-order valence-electron chi connectivity index (χ4n) is 4.23. The minimum absolute atomic E-state index is 0.130. The van der Waals surface area contributed by atoms with Crippen molar-refractivity contribution in [3.8, 4) is 0 Å². The Morgan fingerprint density at radius 3 is 2.69 bits per heavy atom. The van der Waals surface area contributed by atoms with Crippen LogP contribution in [0.3, 0.4) is 0 Å². The van der Waals surface area contributed by atoms with Gasteiger partial charge >= 0.3 is 0 Å². The molecule has 3 heterocycles. The van der Waals surface area contributed by atoms with Crippen molar-refractivity contribution < 1.29 is 4.79 Å². The van der Waals surface area contributed by atoms with Gasteiger partial charge in [-0.2, -0.15) is 0 Å². The highest BCUT2D eigenvalue weighted by molar-refractivity contribution is 5.76. The summed E-state index contributed by atoms with van der Waals surface area (Å²) in [4.78, 5) is 17.1. The maximum Gasteiger partial charge on any atom is 0.222 e. The van der Waals surface area contributed by atoms with E-state index in [4.69, 9.17) is 0 Å². The van der Waals surface area contributed by atoms with Gasteiger partial charge in [0.1, 0.15) is 0 Å². The van der Waals surface area contributed by atoms with Gasteiger partial charge in [0.25, 0.3) is 0 Å². The first-order chi connectivity index (χ1) is 14.2. The number of carbonyl (C=O) groups excluding carboxylic acids is 1. The highest BCUT2D eigenvalue weighted by Gasteiger charge is 2.40. The molecule has 0 bridgehead atoms. The lowest BCUT2D eigenvalue weighted by atomic mass is 9.82. The van der Waals surface area contributed by atoms with Crippen molar-refractivity contribution in [2.45, 2.75) is 44.1 Å². The van der Waals surface area contributed by atoms with Crippen LogP contribution in [0.1, 0.15) is 38.5 Å². The molecule has 0 aromatic carbocycles. The summed E-state index contributed by atoms with van der Waals surface area (Å²) in [6.45, 7) is 9.98. The normalized spacial score (nSPS) is 23.4. The molecule has 3 aliphatic rings. The Bertz CT molecular complexity index is 761. The maximum atomic E-state index is 12.8. The molecule has 1 fully saturated rings. The van der Waals surface area contributed by atoms with E-state index < -0.39 is 0 Å². The Labute approximate surface area is 175 Å². The van der Waals surface area contributed by atoms with E-state index in [0.29, 0.717) is 12.8 Å².